The first kappa shape index (κ1) is 15.1. The SMILES string of the molecule is CCNc1ccnc(C(=O)Nc2ccc(Cl)c(OC)c2)c1. The Morgan fingerprint density at radius 2 is 2.10 bits per heavy atom. The number of amides is 1. The third-order valence-electron chi connectivity index (χ3n) is 2.78. The topological polar surface area (TPSA) is 63.2 Å². The average Bonchev–Trinajstić information content (AvgIpc) is 2.50. The Balaban J connectivity index is 2.16. The van der Waals surface area contributed by atoms with Gasteiger partial charge in [-0.25, -0.2) is 0 Å². The molecule has 0 spiro atoms. The molecule has 1 aromatic heterocycles. The van der Waals surface area contributed by atoms with Crippen LogP contribution in [-0.4, -0.2) is 24.5 Å². The lowest BCUT2D eigenvalue weighted by atomic mass is 10.2. The molecule has 2 N–H and O–H groups in total. The van der Waals surface area contributed by atoms with E-state index in [0.717, 1.165) is 12.2 Å². The summed E-state index contributed by atoms with van der Waals surface area (Å²) in [5, 5.41) is 6.39. The maximum Gasteiger partial charge on any atom is 0.274 e. The summed E-state index contributed by atoms with van der Waals surface area (Å²) < 4.78 is 5.12. The van der Waals surface area contributed by atoms with E-state index in [0.29, 0.717) is 22.2 Å². The molecule has 1 amide bonds. The molecule has 1 heterocycles. The first-order valence-electron chi connectivity index (χ1n) is 6.49. The lowest BCUT2D eigenvalue weighted by molar-refractivity contribution is 0.102. The number of nitrogens with zero attached hydrogens (tertiary/aromatic N) is 1. The normalized spacial score (nSPS) is 10.0. The van der Waals surface area contributed by atoms with Crippen molar-refractivity contribution in [2.24, 2.45) is 0 Å². The Hall–Kier alpha value is -2.27. The molecule has 0 aliphatic carbocycles. The summed E-state index contributed by atoms with van der Waals surface area (Å²) in [6.07, 6.45) is 1.59. The molecular weight excluding hydrogens is 290 g/mol. The van der Waals surface area contributed by atoms with Gasteiger partial charge in [0.2, 0.25) is 0 Å². The number of carbonyl (C=O) groups excluding carboxylic acids is 1. The van der Waals surface area contributed by atoms with Gasteiger partial charge in [0.15, 0.2) is 0 Å². The molecule has 0 radical (unpaired) electrons. The standard InChI is InChI=1S/C15H16ClN3O2/c1-3-17-10-6-7-18-13(8-10)15(20)19-11-4-5-12(16)14(9-11)21-2/h4-9H,3H2,1-2H3,(H,17,18)(H,19,20). The second-order valence-electron chi connectivity index (χ2n) is 4.26. The number of pyridine rings is 1. The molecule has 0 atom stereocenters. The minimum Gasteiger partial charge on any atom is -0.495 e. The molecule has 21 heavy (non-hydrogen) atoms. The van der Waals surface area contributed by atoms with Gasteiger partial charge in [-0.15, -0.1) is 0 Å². The van der Waals surface area contributed by atoms with Crippen LogP contribution in [0.15, 0.2) is 36.5 Å². The van der Waals surface area contributed by atoms with Crippen LogP contribution in [0.3, 0.4) is 0 Å². The van der Waals surface area contributed by atoms with E-state index in [1.165, 1.54) is 7.11 Å². The van der Waals surface area contributed by atoms with Gasteiger partial charge in [0, 0.05) is 30.2 Å². The van der Waals surface area contributed by atoms with Crippen LogP contribution in [0.4, 0.5) is 11.4 Å². The highest BCUT2D eigenvalue weighted by atomic mass is 35.5. The molecular formula is C15H16ClN3O2. The molecule has 0 saturated carbocycles. The molecule has 0 unspecified atom stereocenters. The largest absolute Gasteiger partial charge is 0.495 e. The number of benzene rings is 1. The summed E-state index contributed by atoms with van der Waals surface area (Å²) >= 11 is 5.95. The zero-order valence-electron chi connectivity index (χ0n) is 11.8. The van der Waals surface area contributed by atoms with E-state index in [-0.39, 0.29) is 5.91 Å². The maximum absolute atomic E-state index is 12.2. The summed E-state index contributed by atoms with van der Waals surface area (Å²) in [5.41, 5.74) is 1.78. The van der Waals surface area contributed by atoms with Crippen molar-refractivity contribution in [2.75, 3.05) is 24.3 Å². The van der Waals surface area contributed by atoms with Gasteiger partial charge in [-0.2, -0.15) is 0 Å². The molecule has 0 saturated heterocycles. The molecule has 1 aromatic carbocycles. The third-order valence-corrected chi connectivity index (χ3v) is 3.09. The Morgan fingerprint density at radius 3 is 2.81 bits per heavy atom. The summed E-state index contributed by atoms with van der Waals surface area (Å²) in [6, 6.07) is 8.54. The van der Waals surface area contributed by atoms with Crippen molar-refractivity contribution in [1.29, 1.82) is 0 Å². The second-order valence-corrected chi connectivity index (χ2v) is 4.67. The number of hydrogen-bond donors (Lipinski definition) is 2. The highest BCUT2D eigenvalue weighted by molar-refractivity contribution is 6.32. The number of halogens is 1. The second kappa shape index (κ2) is 6.95. The van der Waals surface area contributed by atoms with Crippen molar-refractivity contribution in [3.05, 3.63) is 47.2 Å². The minimum atomic E-state index is -0.292. The fourth-order valence-corrected chi connectivity index (χ4v) is 2.00. The summed E-state index contributed by atoms with van der Waals surface area (Å²) in [4.78, 5) is 16.2. The third kappa shape index (κ3) is 3.86. The molecule has 6 heteroatoms. The van der Waals surface area contributed by atoms with Crippen molar-refractivity contribution in [1.82, 2.24) is 4.98 Å². The number of ether oxygens (including phenoxy) is 1. The van der Waals surface area contributed by atoms with Crippen LogP contribution in [0.2, 0.25) is 5.02 Å². The van der Waals surface area contributed by atoms with E-state index in [9.17, 15) is 4.79 Å². The van der Waals surface area contributed by atoms with Crippen molar-refractivity contribution >= 4 is 28.9 Å². The highest BCUT2D eigenvalue weighted by Crippen LogP contribution is 2.27. The van der Waals surface area contributed by atoms with Crippen molar-refractivity contribution in [3.63, 3.8) is 0 Å². The number of methoxy groups -OCH3 is 1. The lowest BCUT2D eigenvalue weighted by Crippen LogP contribution is -2.14. The zero-order chi connectivity index (χ0) is 15.2. The Labute approximate surface area is 128 Å². The van der Waals surface area contributed by atoms with Crippen LogP contribution in [0.1, 0.15) is 17.4 Å². The number of aromatic nitrogens is 1. The summed E-state index contributed by atoms with van der Waals surface area (Å²) in [6.45, 7) is 2.76. The Morgan fingerprint density at radius 1 is 1.29 bits per heavy atom. The van der Waals surface area contributed by atoms with Crippen molar-refractivity contribution < 1.29 is 9.53 Å². The van der Waals surface area contributed by atoms with Gasteiger partial charge in [0.25, 0.3) is 5.91 Å². The zero-order valence-corrected chi connectivity index (χ0v) is 12.6. The van der Waals surface area contributed by atoms with E-state index in [1.807, 2.05) is 13.0 Å². The number of hydrogen-bond acceptors (Lipinski definition) is 4. The number of rotatable bonds is 5. The lowest BCUT2D eigenvalue weighted by Gasteiger charge is -2.09. The van der Waals surface area contributed by atoms with Crippen LogP contribution in [0, 0.1) is 0 Å². The van der Waals surface area contributed by atoms with Gasteiger partial charge in [-0.05, 0) is 31.2 Å². The number of nitrogens with one attached hydrogen (secondary N) is 2. The van der Waals surface area contributed by atoms with Crippen LogP contribution < -0.4 is 15.4 Å². The van der Waals surface area contributed by atoms with Crippen LogP contribution in [0.25, 0.3) is 0 Å². The predicted octanol–water partition coefficient (Wildman–Crippen LogP) is 3.43. The van der Waals surface area contributed by atoms with Crippen molar-refractivity contribution in [3.8, 4) is 5.75 Å². The Kier molecular flexibility index (Phi) is 5.00. The van der Waals surface area contributed by atoms with Crippen molar-refractivity contribution in [2.45, 2.75) is 6.92 Å². The summed E-state index contributed by atoms with van der Waals surface area (Å²) in [7, 11) is 1.52. The van der Waals surface area contributed by atoms with E-state index in [4.69, 9.17) is 16.3 Å². The number of carbonyl (C=O) groups is 1. The minimum absolute atomic E-state index is 0.292. The van der Waals surface area contributed by atoms with Gasteiger partial charge < -0.3 is 15.4 Å². The van der Waals surface area contributed by atoms with Gasteiger partial charge in [0.05, 0.1) is 12.1 Å². The molecule has 0 aliphatic rings. The molecule has 5 nitrogen and oxygen atoms in total. The van der Waals surface area contributed by atoms with Crippen LogP contribution in [-0.2, 0) is 0 Å². The molecule has 0 bridgehead atoms. The predicted molar refractivity (Wildman–Crippen MR) is 84.4 cm³/mol. The Bertz CT molecular complexity index is 647. The molecule has 2 aromatic rings. The first-order valence-corrected chi connectivity index (χ1v) is 6.86. The quantitative estimate of drug-likeness (QED) is 0.888. The highest BCUT2D eigenvalue weighted by Gasteiger charge is 2.10. The summed E-state index contributed by atoms with van der Waals surface area (Å²) in [5.74, 6) is 0.211. The monoisotopic (exact) mass is 305 g/mol. The van der Waals surface area contributed by atoms with E-state index in [2.05, 4.69) is 15.6 Å². The molecule has 110 valence electrons. The van der Waals surface area contributed by atoms with Gasteiger partial charge in [-0.3, -0.25) is 9.78 Å². The van der Waals surface area contributed by atoms with E-state index < -0.39 is 0 Å². The van der Waals surface area contributed by atoms with Gasteiger partial charge >= 0.3 is 0 Å². The van der Waals surface area contributed by atoms with E-state index in [1.54, 1.807) is 30.5 Å². The van der Waals surface area contributed by atoms with Crippen LogP contribution >= 0.6 is 11.6 Å². The smallest absolute Gasteiger partial charge is 0.274 e. The molecule has 0 fully saturated rings. The fraction of sp³-hybridized carbons (Fsp3) is 0.200. The van der Waals surface area contributed by atoms with Crippen LogP contribution in [0.5, 0.6) is 5.75 Å². The molecule has 0 aliphatic heterocycles. The van der Waals surface area contributed by atoms with E-state index >= 15 is 0 Å². The van der Waals surface area contributed by atoms with Gasteiger partial charge in [0.1, 0.15) is 11.4 Å². The number of anilines is 2. The maximum atomic E-state index is 12.2. The van der Waals surface area contributed by atoms with Gasteiger partial charge in [-0.1, -0.05) is 11.6 Å². The average molecular weight is 306 g/mol. The molecule has 2 rings (SSSR count). The first-order chi connectivity index (χ1) is 10.1. The fourth-order valence-electron chi connectivity index (χ4n) is 1.80.